The van der Waals surface area contributed by atoms with Gasteiger partial charge in [-0.3, -0.25) is 4.79 Å². The van der Waals surface area contributed by atoms with Gasteiger partial charge in [-0.25, -0.2) is 0 Å². The summed E-state index contributed by atoms with van der Waals surface area (Å²) in [6.07, 6.45) is 0. The van der Waals surface area contributed by atoms with Crippen molar-refractivity contribution in [1.82, 2.24) is 10.2 Å². The fourth-order valence-corrected chi connectivity index (χ4v) is 3.21. The highest BCUT2D eigenvalue weighted by Crippen LogP contribution is 2.27. The molecule has 19 heavy (non-hydrogen) atoms. The van der Waals surface area contributed by atoms with Crippen molar-refractivity contribution in [3.05, 3.63) is 35.4 Å². The van der Waals surface area contributed by atoms with Crippen molar-refractivity contribution < 1.29 is 4.79 Å². The maximum absolute atomic E-state index is 12.5. The van der Waals surface area contributed by atoms with Gasteiger partial charge in [0, 0.05) is 31.7 Å². The molecule has 2 fully saturated rings. The van der Waals surface area contributed by atoms with Crippen molar-refractivity contribution in [2.75, 3.05) is 26.2 Å². The first kappa shape index (κ1) is 12.7. The first-order chi connectivity index (χ1) is 9.15. The third-order valence-corrected chi connectivity index (χ3v) is 4.50. The lowest BCUT2D eigenvalue weighted by Crippen LogP contribution is -2.31. The van der Waals surface area contributed by atoms with Gasteiger partial charge in [0.05, 0.1) is 0 Å². The van der Waals surface area contributed by atoms with E-state index >= 15 is 0 Å². The zero-order valence-electron chi connectivity index (χ0n) is 11.7. The van der Waals surface area contributed by atoms with Crippen molar-refractivity contribution >= 4 is 5.91 Å². The predicted octanol–water partition coefficient (Wildman–Crippen LogP) is 2.10. The van der Waals surface area contributed by atoms with E-state index in [1.54, 1.807) is 0 Å². The number of benzene rings is 1. The van der Waals surface area contributed by atoms with E-state index in [2.05, 4.69) is 31.3 Å². The van der Waals surface area contributed by atoms with Crippen LogP contribution < -0.4 is 5.32 Å². The number of hydrogen-bond donors (Lipinski definition) is 1. The van der Waals surface area contributed by atoms with E-state index in [0.29, 0.717) is 17.8 Å². The number of hydrogen-bond acceptors (Lipinski definition) is 2. The highest BCUT2D eigenvalue weighted by atomic mass is 16.2. The number of fused-ring (bicyclic) bond motifs is 1. The van der Waals surface area contributed by atoms with Crippen LogP contribution in [-0.2, 0) is 0 Å². The molecule has 0 aromatic heterocycles. The van der Waals surface area contributed by atoms with Crippen LogP contribution in [0, 0.1) is 11.8 Å². The highest BCUT2D eigenvalue weighted by molar-refractivity contribution is 5.94. The molecule has 1 amide bonds. The van der Waals surface area contributed by atoms with Crippen LogP contribution >= 0.6 is 0 Å². The zero-order valence-corrected chi connectivity index (χ0v) is 11.7. The topological polar surface area (TPSA) is 32.3 Å². The van der Waals surface area contributed by atoms with Crippen molar-refractivity contribution in [2.45, 2.75) is 19.8 Å². The Morgan fingerprint density at radius 1 is 1.16 bits per heavy atom. The molecule has 2 aliphatic heterocycles. The Hall–Kier alpha value is -1.35. The number of carbonyl (C=O) groups excluding carboxylic acids is 1. The minimum absolute atomic E-state index is 0.199. The molecular formula is C16H22N2O. The van der Waals surface area contributed by atoms with Crippen LogP contribution in [0.3, 0.4) is 0 Å². The van der Waals surface area contributed by atoms with Crippen LogP contribution in [0.2, 0.25) is 0 Å². The summed E-state index contributed by atoms with van der Waals surface area (Å²) in [6, 6.07) is 8.11. The number of carbonyl (C=O) groups is 1. The van der Waals surface area contributed by atoms with Crippen LogP contribution in [-0.4, -0.2) is 37.0 Å². The standard InChI is InChI=1S/C16H22N2O/c1-11(2)12-3-5-13(6-4-12)16(19)18-9-14-7-17-8-15(14)10-18/h3-6,11,14-15,17H,7-10H2,1-2H3/t14-,15+. The van der Waals surface area contributed by atoms with Gasteiger partial charge in [0.2, 0.25) is 0 Å². The van der Waals surface area contributed by atoms with Gasteiger partial charge in [-0.1, -0.05) is 26.0 Å². The summed E-state index contributed by atoms with van der Waals surface area (Å²) < 4.78 is 0. The van der Waals surface area contributed by atoms with Crippen LogP contribution in [0.15, 0.2) is 24.3 Å². The molecule has 0 bridgehead atoms. The molecule has 3 heteroatoms. The van der Waals surface area contributed by atoms with Crippen molar-refractivity contribution in [3.63, 3.8) is 0 Å². The minimum atomic E-state index is 0.199. The fourth-order valence-electron chi connectivity index (χ4n) is 3.21. The Morgan fingerprint density at radius 3 is 2.26 bits per heavy atom. The second kappa shape index (κ2) is 4.97. The Morgan fingerprint density at radius 2 is 1.74 bits per heavy atom. The normalized spacial score (nSPS) is 25.9. The molecule has 3 nitrogen and oxygen atoms in total. The van der Waals surface area contributed by atoms with Gasteiger partial charge in [0.15, 0.2) is 0 Å². The molecule has 1 aromatic carbocycles. The van der Waals surface area contributed by atoms with Crippen molar-refractivity contribution in [1.29, 1.82) is 0 Å². The smallest absolute Gasteiger partial charge is 0.253 e. The van der Waals surface area contributed by atoms with Crippen molar-refractivity contribution in [3.8, 4) is 0 Å². The molecule has 0 saturated carbocycles. The summed E-state index contributed by atoms with van der Waals surface area (Å²) in [5, 5.41) is 3.41. The van der Waals surface area contributed by atoms with E-state index in [9.17, 15) is 4.79 Å². The Balaban J connectivity index is 1.70. The third kappa shape index (κ3) is 2.39. The summed E-state index contributed by atoms with van der Waals surface area (Å²) >= 11 is 0. The average Bonchev–Trinajstić information content (AvgIpc) is 2.98. The SMILES string of the molecule is CC(C)c1ccc(C(=O)N2C[C@H]3CNC[C@H]3C2)cc1. The molecule has 2 saturated heterocycles. The predicted molar refractivity (Wildman–Crippen MR) is 76.3 cm³/mol. The maximum atomic E-state index is 12.5. The number of amides is 1. The quantitative estimate of drug-likeness (QED) is 0.881. The molecule has 3 rings (SSSR count). The first-order valence-electron chi connectivity index (χ1n) is 7.25. The molecule has 1 N–H and O–H groups in total. The van der Waals surface area contributed by atoms with Crippen LogP contribution in [0.4, 0.5) is 0 Å². The van der Waals surface area contributed by atoms with Crippen LogP contribution in [0.25, 0.3) is 0 Å². The van der Waals surface area contributed by atoms with Gasteiger partial charge in [0.1, 0.15) is 0 Å². The van der Waals surface area contributed by atoms with E-state index < -0.39 is 0 Å². The number of nitrogens with one attached hydrogen (secondary N) is 1. The summed E-state index contributed by atoms with van der Waals surface area (Å²) in [4.78, 5) is 14.5. The lowest BCUT2D eigenvalue weighted by atomic mass is 10.0. The van der Waals surface area contributed by atoms with Gasteiger partial charge >= 0.3 is 0 Å². The van der Waals surface area contributed by atoms with Gasteiger partial charge in [-0.15, -0.1) is 0 Å². The van der Waals surface area contributed by atoms with Crippen LogP contribution in [0.1, 0.15) is 35.7 Å². The number of rotatable bonds is 2. The van der Waals surface area contributed by atoms with E-state index in [4.69, 9.17) is 0 Å². The Bertz CT molecular complexity index is 454. The van der Waals surface area contributed by atoms with E-state index in [-0.39, 0.29) is 5.91 Å². The molecular weight excluding hydrogens is 236 g/mol. The summed E-state index contributed by atoms with van der Waals surface area (Å²) in [7, 11) is 0. The highest BCUT2D eigenvalue weighted by Gasteiger charge is 2.38. The van der Waals surface area contributed by atoms with Gasteiger partial charge in [-0.05, 0) is 35.4 Å². The fraction of sp³-hybridized carbons (Fsp3) is 0.562. The number of likely N-dealkylation sites (tertiary alicyclic amines) is 1. The summed E-state index contributed by atoms with van der Waals surface area (Å²) in [6.45, 7) is 8.32. The number of nitrogens with zero attached hydrogens (tertiary/aromatic N) is 1. The second-order valence-corrected chi connectivity index (χ2v) is 6.17. The van der Waals surface area contributed by atoms with Gasteiger partial charge in [0.25, 0.3) is 5.91 Å². The first-order valence-corrected chi connectivity index (χ1v) is 7.25. The maximum Gasteiger partial charge on any atom is 0.253 e. The van der Waals surface area contributed by atoms with Gasteiger partial charge < -0.3 is 10.2 Å². The molecule has 0 aliphatic carbocycles. The molecule has 2 atom stereocenters. The van der Waals surface area contributed by atoms with Gasteiger partial charge in [-0.2, -0.15) is 0 Å². The molecule has 0 radical (unpaired) electrons. The van der Waals surface area contributed by atoms with E-state index in [1.807, 2.05) is 17.0 Å². The van der Waals surface area contributed by atoms with E-state index in [1.165, 1.54) is 5.56 Å². The summed E-state index contributed by atoms with van der Waals surface area (Å²) in [5.41, 5.74) is 2.12. The van der Waals surface area contributed by atoms with Crippen LogP contribution in [0.5, 0.6) is 0 Å². The summed E-state index contributed by atoms with van der Waals surface area (Å²) in [5.74, 6) is 2.05. The average molecular weight is 258 g/mol. The minimum Gasteiger partial charge on any atom is -0.338 e. The molecule has 102 valence electrons. The van der Waals surface area contributed by atoms with E-state index in [0.717, 1.165) is 31.7 Å². The van der Waals surface area contributed by atoms with Crippen molar-refractivity contribution in [2.24, 2.45) is 11.8 Å². The molecule has 2 heterocycles. The Kier molecular flexibility index (Phi) is 3.31. The Labute approximate surface area is 115 Å². The largest absolute Gasteiger partial charge is 0.338 e. The molecule has 0 unspecified atom stereocenters. The molecule has 0 spiro atoms. The molecule has 2 aliphatic rings. The monoisotopic (exact) mass is 258 g/mol. The zero-order chi connectivity index (χ0) is 13.4. The third-order valence-electron chi connectivity index (χ3n) is 4.50. The lowest BCUT2D eigenvalue weighted by molar-refractivity contribution is 0.0781. The lowest BCUT2D eigenvalue weighted by Gasteiger charge is -2.18. The molecule has 1 aromatic rings. The second-order valence-electron chi connectivity index (χ2n) is 6.17.